The van der Waals surface area contributed by atoms with E-state index in [9.17, 15) is 9.59 Å². The fourth-order valence-electron chi connectivity index (χ4n) is 2.78. The first-order valence-corrected chi connectivity index (χ1v) is 7.99. The maximum atomic E-state index is 12.0. The highest BCUT2D eigenvalue weighted by molar-refractivity contribution is 5.96. The summed E-state index contributed by atoms with van der Waals surface area (Å²) >= 11 is 0. The number of ketones is 1. The summed E-state index contributed by atoms with van der Waals surface area (Å²) in [6.07, 6.45) is 0.769. The van der Waals surface area contributed by atoms with Gasteiger partial charge in [-0.15, -0.1) is 0 Å². The minimum absolute atomic E-state index is 0.0323. The number of nitrogens with zero attached hydrogens (tertiary/aromatic N) is 5. The highest BCUT2D eigenvalue weighted by Gasteiger charge is 2.16. The molecule has 0 saturated heterocycles. The molecular weight excluding hydrogens is 308 g/mol. The third-order valence-electron chi connectivity index (χ3n) is 3.86. The van der Waals surface area contributed by atoms with Crippen LogP contribution >= 0.6 is 0 Å². The number of hydrogen-bond acceptors (Lipinski definition) is 5. The van der Waals surface area contributed by atoms with E-state index in [2.05, 4.69) is 20.5 Å². The van der Waals surface area contributed by atoms with Gasteiger partial charge in [0.15, 0.2) is 5.78 Å². The van der Waals surface area contributed by atoms with Crippen LogP contribution in [0.2, 0.25) is 0 Å². The predicted octanol–water partition coefficient (Wildman–Crippen LogP) is 1.12. The van der Waals surface area contributed by atoms with Crippen molar-refractivity contribution in [3.05, 3.63) is 28.6 Å². The molecule has 0 bridgehead atoms. The third-order valence-corrected chi connectivity index (χ3v) is 3.86. The van der Waals surface area contributed by atoms with E-state index in [-0.39, 0.29) is 18.2 Å². The molecule has 0 fully saturated rings. The maximum Gasteiger partial charge on any atom is 0.241 e. The second-order valence-corrected chi connectivity index (χ2v) is 5.89. The fraction of sp³-hybridized carbons (Fsp3) is 0.562. The van der Waals surface area contributed by atoms with E-state index in [1.54, 1.807) is 18.5 Å². The van der Waals surface area contributed by atoms with Crippen molar-refractivity contribution in [2.45, 2.75) is 54.1 Å². The lowest BCUT2D eigenvalue weighted by Gasteiger charge is -2.07. The molecule has 0 spiro atoms. The molecule has 1 amide bonds. The van der Waals surface area contributed by atoms with Crippen LogP contribution < -0.4 is 5.32 Å². The lowest BCUT2D eigenvalue weighted by molar-refractivity contribution is -0.121. The first kappa shape index (κ1) is 17.8. The van der Waals surface area contributed by atoms with E-state index in [1.165, 1.54) is 6.92 Å². The molecule has 0 unspecified atom stereocenters. The number of hydrogen-bond donors (Lipinski definition) is 1. The van der Waals surface area contributed by atoms with E-state index in [0.29, 0.717) is 24.3 Å². The van der Waals surface area contributed by atoms with Crippen LogP contribution in [-0.2, 0) is 17.9 Å². The summed E-state index contributed by atoms with van der Waals surface area (Å²) in [5.41, 5.74) is 1.98. The smallest absolute Gasteiger partial charge is 0.241 e. The first-order chi connectivity index (χ1) is 11.3. The van der Waals surface area contributed by atoms with Crippen molar-refractivity contribution >= 4 is 11.7 Å². The van der Waals surface area contributed by atoms with Crippen LogP contribution in [-0.4, -0.2) is 42.8 Å². The molecule has 130 valence electrons. The molecule has 2 rings (SSSR count). The molecule has 0 aliphatic heterocycles. The van der Waals surface area contributed by atoms with Crippen LogP contribution in [0.4, 0.5) is 0 Å². The molecule has 0 aliphatic carbocycles. The number of aromatic nitrogens is 5. The maximum absolute atomic E-state index is 12.0. The van der Waals surface area contributed by atoms with E-state index in [0.717, 1.165) is 23.8 Å². The molecule has 0 aromatic carbocycles. The highest BCUT2D eigenvalue weighted by Crippen LogP contribution is 2.13. The first-order valence-electron chi connectivity index (χ1n) is 7.99. The molecule has 0 atom stereocenters. The Kier molecular flexibility index (Phi) is 5.48. The summed E-state index contributed by atoms with van der Waals surface area (Å²) in [4.78, 5) is 27.9. The summed E-state index contributed by atoms with van der Waals surface area (Å²) in [5.74, 6) is 1.47. The summed E-state index contributed by atoms with van der Waals surface area (Å²) in [6.45, 7) is 10.2. The van der Waals surface area contributed by atoms with Crippen molar-refractivity contribution < 1.29 is 9.59 Å². The Morgan fingerprint density at radius 1 is 1.08 bits per heavy atom. The van der Waals surface area contributed by atoms with E-state index >= 15 is 0 Å². The van der Waals surface area contributed by atoms with Crippen molar-refractivity contribution in [1.29, 1.82) is 0 Å². The van der Waals surface area contributed by atoms with E-state index in [4.69, 9.17) is 0 Å². The number of nitrogens with one attached hydrogen (secondary N) is 1. The topological polar surface area (TPSA) is 94.7 Å². The zero-order valence-corrected chi connectivity index (χ0v) is 14.9. The SMILES string of the molecule is CC(=O)c1c(C)nn(CC(=O)NCCCn2nc(C)nc2C)c1C. The van der Waals surface area contributed by atoms with Crippen LogP contribution in [0.15, 0.2) is 0 Å². The molecule has 8 nitrogen and oxygen atoms in total. The molecule has 8 heteroatoms. The quantitative estimate of drug-likeness (QED) is 0.605. The number of rotatable bonds is 7. The highest BCUT2D eigenvalue weighted by atomic mass is 16.2. The Morgan fingerprint density at radius 3 is 2.33 bits per heavy atom. The molecule has 0 radical (unpaired) electrons. The third kappa shape index (κ3) is 4.06. The van der Waals surface area contributed by atoms with Gasteiger partial charge in [-0.1, -0.05) is 0 Å². The van der Waals surface area contributed by atoms with Gasteiger partial charge < -0.3 is 5.32 Å². The molecule has 1 N–H and O–H groups in total. The molecule has 24 heavy (non-hydrogen) atoms. The van der Waals surface area contributed by atoms with Crippen molar-refractivity contribution in [2.24, 2.45) is 0 Å². The molecule has 2 aromatic heterocycles. The minimum atomic E-state index is -0.123. The summed E-state index contributed by atoms with van der Waals surface area (Å²) in [5, 5.41) is 11.4. The second-order valence-electron chi connectivity index (χ2n) is 5.89. The van der Waals surface area contributed by atoms with Crippen molar-refractivity contribution in [3.63, 3.8) is 0 Å². The van der Waals surface area contributed by atoms with Crippen LogP contribution in [0.5, 0.6) is 0 Å². The standard InChI is InChI=1S/C16H24N6O2/c1-10-16(12(3)23)11(2)22(19-10)9-15(24)17-7-6-8-21-14(5)18-13(4)20-21/h6-9H2,1-5H3,(H,17,24). The average molecular weight is 332 g/mol. The Labute approximate surface area is 141 Å². The second kappa shape index (κ2) is 7.37. The molecular formula is C16H24N6O2. The van der Waals surface area contributed by atoms with Crippen molar-refractivity contribution in [1.82, 2.24) is 29.9 Å². The van der Waals surface area contributed by atoms with Crippen molar-refractivity contribution in [2.75, 3.05) is 6.54 Å². The Hall–Kier alpha value is -2.51. The minimum Gasteiger partial charge on any atom is -0.354 e. The van der Waals surface area contributed by atoms with Gasteiger partial charge in [-0.2, -0.15) is 10.2 Å². The Morgan fingerprint density at radius 2 is 1.79 bits per heavy atom. The zero-order valence-electron chi connectivity index (χ0n) is 14.9. The molecule has 0 aliphatic rings. The predicted molar refractivity (Wildman–Crippen MR) is 88.8 cm³/mol. The molecule has 0 saturated carbocycles. The lowest BCUT2D eigenvalue weighted by Crippen LogP contribution is -2.30. The van der Waals surface area contributed by atoms with Gasteiger partial charge in [0.1, 0.15) is 18.2 Å². The molecule has 2 heterocycles. The summed E-state index contributed by atoms with van der Waals surface area (Å²) < 4.78 is 3.41. The summed E-state index contributed by atoms with van der Waals surface area (Å²) in [7, 11) is 0. The van der Waals surface area contributed by atoms with Gasteiger partial charge in [-0.25, -0.2) is 4.98 Å². The molecule has 2 aromatic rings. The Bertz CT molecular complexity index is 759. The van der Waals surface area contributed by atoms with Crippen LogP contribution in [0.25, 0.3) is 0 Å². The Balaban J connectivity index is 1.83. The number of carbonyl (C=O) groups is 2. The van der Waals surface area contributed by atoms with Gasteiger partial charge in [0.2, 0.25) is 5.91 Å². The van der Waals surface area contributed by atoms with Crippen molar-refractivity contribution in [3.8, 4) is 0 Å². The number of amides is 1. The largest absolute Gasteiger partial charge is 0.354 e. The number of carbonyl (C=O) groups excluding carboxylic acids is 2. The average Bonchev–Trinajstić information content (AvgIpc) is 2.94. The van der Waals surface area contributed by atoms with Gasteiger partial charge in [-0.3, -0.25) is 19.0 Å². The zero-order chi connectivity index (χ0) is 17.9. The normalized spacial score (nSPS) is 10.9. The summed E-state index contributed by atoms with van der Waals surface area (Å²) in [6, 6.07) is 0. The van der Waals surface area contributed by atoms with E-state index in [1.807, 2.05) is 18.5 Å². The fourth-order valence-corrected chi connectivity index (χ4v) is 2.78. The van der Waals surface area contributed by atoms with Crippen LogP contribution in [0.1, 0.15) is 46.7 Å². The van der Waals surface area contributed by atoms with Gasteiger partial charge in [0.25, 0.3) is 0 Å². The van der Waals surface area contributed by atoms with Gasteiger partial charge in [0.05, 0.1) is 11.3 Å². The number of aryl methyl sites for hydroxylation is 4. The van der Waals surface area contributed by atoms with Gasteiger partial charge in [-0.05, 0) is 41.0 Å². The van der Waals surface area contributed by atoms with Crippen LogP contribution in [0.3, 0.4) is 0 Å². The van der Waals surface area contributed by atoms with Gasteiger partial charge in [0, 0.05) is 18.8 Å². The van der Waals surface area contributed by atoms with Gasteiger partial charge >= 0.3 is 0 Å². The number of Topliss-reactive ketones (excluding diaryl/α,β-unsaturated/α-hetero) is 1. The van der Waals surface area contributed by atoms with Crippen LogP contribution in [0, 0.1) is 27.7 Å². The lowest BCUT2D eigenvalue weighted by atomic mass is 10.1. The monoisotopic (exact) mass is 332 g/mol. The van der Waals surface area contributed by atoms with E-state index < -0.39 is 0 Å².